The van der Waals surface area contributed by atoms with E-state index in [1.807, 2.05) is 12.1 Å². The first kappa shape index (κ1) is 13.5. The molecule has 1 aromatic rings. The van der Waals surface area contributed by atoms with Crippen molar-refractivity contribution in [2.75, 3.05) is 20.6 Å². The molecule has 0 fully saturated rings. The van der Waals surface area contributed by atoms with Crippen LogP contribution in [0.1, 0.15) is 19.4 Å². The molecule has 1 unspecified atom stereocenters. The van der Waals surface area contributed by atoms with E-state index < -0.39 is 0 Å². The van der Waals surface area contributed by atoms with Gasteiger partial charge < -0.3 is 4.90 Å². The van der Waals surface area contributed by atoms with Crippen LogP contribution >= 0.6 is 11.6 Å². The van der Waals surface area contributed by atoms with E-state index >= 15 is 0 Å². The van der Waals surface area contributed by atoms with Crippen molar-refractivity contribution in [3.05, 3.63) is 34.9 Å². The van der Waals surface area contributed by atoms with E-state index in [9.17, 15) is 0 Å². The highest BCUT2D eigenvalue weighted by atomic mass is 35.5. The molecule has 1 rings (SSSR count). The van der Waals surface area contributed by atoms with Gasteiger partial charge in [-0.3, -0.25) is 0 Å². The van der Waals surface area contributed by atoms with Gasteiger partial charge in [-0.05, 0) is 50.0 Å². The summed E-state index contributed by atoms with van der Waals surface area (Å²) in [6.07, 6.45) is 1.13. The molecule has 2 heteroatoms. The molecule has 0 aliphatic heterocycles. The Morgan fingerprint density at radius 3 is 2.12 bits per heavy atom. The summed E-state index contributed by atoms with van der Waals surface area (Å²) in [7, 11) is 4.26. The van der Waals surface area contributed by atoms with Crippen LogP contribution in [0.4, 0.5) is 0 Å². The van der Waals surface area contributed by atoms with Crippen molar-refractivity contribution < 1.29 is 0 Å². The Bertz CT molecular complexity index is 305. The normalized spacial score (nSPS) is 15.1. The highest BCUT2D eigenvalue weighted by molar-refractivity contribution is 6.30. The Morgan fingerprint density at radius 1 is 1.06 bits per heavy atom. The molecule has 0 heterocycles. The van der Waals surface area contributed by atoms with Crippen molar-refractivity contribution >= 4 is 11.6 Å². The van der Waals surface area contributed by atoms with E-state index in [0.717, 1.165) is 18.0 Å². The fourth-order valence-electron chi connectivity index (χ4n) is 1.95. The number of benzene rings is 1. The number of nitrogens with zero attached hydrogens (tertiary/aromatic N) is 1. The zero-order valence-corrected chi connectivity index (χ0v) is 11.5. The molecule has 1 aromatic carbocycles. The lowest BCUT2D eigenvalue weighted by atomic mass is 9.89. The van der Waals surface area contributed by atoms with Gasteiger partial charge in [0, 0.05) is 11.6 Å². The van der Waals surface area contributed by atoms with Crippen LogP contribution in [0.15, 0.2) is 24.3 Å². The molecule has 2 atom stereocenters. The number of hydrogen-bond donors (Lipinski definition) is 0. The summed E-state index contributed by atoms with van der Waals surface area (Å²) >= 11 is 5.87. The molecular formula is C14H22ClN. The topological polar surface area (TPSA) is 3.24 Å². The van der Waals surface area contributed by atoms with Crippen LogP contribution in [-0.2, 0) is 6.42 Å². The van der Waals surface area contributed by atoms with E-state index in [1.54, 1.807) is 0 Å². The van der Waals surface area contributed by atoms with Crippen LogP contribution in [-0.4, -0.2) is 25.5 Å². The third kappa shape index (κ3) is 4.54. The summed E-state index contributed by atoms with van der Waals surface area (Å²) in [4.78, 5) is 2.25. The molecule has 0 bridgehead atoms. The summed E-state index contributed by atoms with van der Waals surface area (Å²) in [6.45, 7) is 5.79. The van der Waals surface area contributed by atoms with Gasteiger partial charge in [0.15, 0.2) is 0 Å². The third-order valence-corrected chi connectivity index (χ3v) is 3.35. The molecule has 0 aliphatic rings. The minimum Gasteiger partial charge on any atom is -0.309 e. The van der Waals surface area contributed by atoms with Gasteiger partial charge in [-0.2, -0.15) is 0 Å². The predicted molar refractivity (Wildman–Crippen MR) is 72.0 cm³/mol. The van der Waals surface area contributed by atoms with Gasteiger partial charge in [-0.15, -0.1) is 0 Å². The minimum atomic E-state index is 0.698. The molecule has 0 saturated carbocycles. The molecule has 0 N–H and O–H groups in total. The number of hydrogen-bond acceptors (Lipinski definition) is 1. The van der Waals surface area contributed by atoms with Crippen LogP contribution < -0.4 is 0 Å². The molecule has 0 aromatic heterocycles. The quantitative estimate of drug-likeness (QED) is 0.757. The van der Waals surface area contributed by atoms with Gasteiger partial charge in [-0.25, -0.2) is 0 Å². The number of rotatable bonds is 5. The first-order chi connectivity index (χ1) is 7.49. The Balaban J connectivity index is 2.50. The van der Waals surface area contributed by atoms with Gasteiger partial charge in [0.05, 0.1) is 0 Å². The summed E-state index contributed by atoms with van der Waals surface area (Å²) in [5.74, 6) is 1.41. The summed E-state index contributed by atoms with van der Waals surface area (Å²) < 4.78 is 0. The van der Waals surface area contributed by atoms with E-state index in [4.69, 9.17) is 11.6 Å². The maximum Gasteiger partial charge on any atom is 0.0406 e. The SMILES string of the molecule is CC(Cc1ccc(Cl)cc1)[C@@H](C)CN(C)C. The Labute approximate surface area is 104 Å². The number of halogens is 1. The average Bonchev–Trinajstić information content (AvgIpc) is 2.20. The largest absolute Gasteiger partial charge is 0.309 e. The fraction of sp³-hybridized carbons (Fsp3) is 0.571. The lowest BCUT2D eigenvalue weighted by Gasteiger charge is -2.23. The van der Waals surface area contributed by atoms with Gasteiger partial charge in [0.2, 0.25) is 0 Å². The molecular weight excluding hydrogens is 218 g/mol. The predicted octanol–water partition coefficient (Wildman–Crippen LogP) is 3.72. The van der Waals surface area contributed by atoms with Crippen LogP contribution in [0, 0.1) is 11.8 Å². The van der Waals surface area contributed by atoms with E-state index in [1.165, 1.54) is 5.56 Å². The lowest BCUT2D eigenvalue weighted by Crippen LogP contribution is -2.25. The molecule has 0 amide bonds. The van der Waals surface area contributed by atoms with Gasteiger partial charge >= 0.3 is 0 Å². The zero-order valence-electron chi connectivity index (χ0n) is 10.7. The zero-order chi connectivity index (χ0) is 12.1. The molecule has 16 heavy (non-hydrogen) atoms. The minimum absolute atomic E-state index is 0.698. The van der Waals surface area contributed by atoms with E-state index in [2.05, 4.69) is 45.0 Å². The van der Waals surface area contributed by atoms with Crippen LogP contribution in [0.2, 0.25) is 5.02 Å². The third-order valence-electron chi connectivity index (χ3n) is 3.10. The van der Waals surface area contributed by atoms with Crippen molar-refractivity contribution in [3.63, 3.8) is 0 Å². The van der Waals surface area contributed by atoms with Gasteiger partial charge in [-0.1, -0.05) is 37.6 Å². The first-order valence-electron chi connectivity index (χ1n) is 5.88. The second-order valence-corrected chi connectivity index (χ2v) is 5.48. The molecule has 0 saturated heterocycles. The monoisotopic (exact) mass is 239 g/mol. The molecule has 0 spiro atoms. The average molecular weight is 240 g/mol. The maximum absolute atomic E-state index is 5.87. The van der Waals surface area contributed by atoms with Crippen LogP contribution in [0.25, 0.3) is 0 Å². The standard InChI is InChI=1S/C14H22ClN/c1-11(12(2)10-16(3)4)9-13-5-7-14(15)8-6-13/h5-8,11-12H,9-10H2,1-4H3/t11?,12-/m0/s1. The Kier molecular flexibility index (Phi) is 5.30. The van der Waals surface area contributed by atoms with Crippen molar-refractivity contribution in [2.45, 2.75) is 20.3 Å². The Morgan fingerprint density at radius 2 is 1.62 bits per heavy atom. The van der Waals surface area contributed by atoms with Crippen molar-refractivity contribution in [3.8, 4) is 0 Å². The molecule has 0 radical (unpaired) electrons. The van der Waals surface area contributed by atoms with Crippen molar-refractivity contribution in [2.24, 2.45) is 11.8 Å². The second kappa shape index (κ2) is 6.27. The first-order valence-corrected chi connectivity index (χ1v) is 6.26. The van der Waals surface area contributed by atoms with Crippen LogP contribution in [0.3, 0.4) is 0 Å². The van der Waals surface area contributed by atoms with Gasteiger partial charge in [0.1, 0.15) is 0 Å². The maximum atomic E-state index is 5.87. The van der Waals surface area contributed by atoms with Gasteiger partial charge in [0.25, 0.3) is 0 Å². The highest BCUT2D eigenvalue weighted by Gasteiger charge is 2.13. The highest BCUT2D eigenvalue weighted by Crippen LogP contribution is 2.19. The Hall–Kier alpha value is -0.530. The fourth-order valence-corrected chi connectivity index (χ4v) is 2.08. The summed E-state index contributed by atoms with van der Waals surface area (Å²) in [5.41, 5.74) is 1.38. The molecule has 90 valence electrons. The van der Waals surface area contributed by atoms with E-state index in [0.29, 0.717) is 11.8 Å². The summed E-state index contributed by atoms with van der Waals surface area (Å²) in [5, 5.41) is 0.817. The van der Waals surface area contributed by atoms with Crippen molar-refractivity contribution in [1.82, 2.24) is 4.90 Å². The molecule has 0 aliphatic carbocycles. The van der Waals surface area contributed by atoms with Crippen LogP contribution in [0.5, 0.6) is 0 Å². The van der Waals surface area contributed by atoms with Crippen molar-refractivity contribution in [1.29, 1.82) is 0 Å². The second-order valence-electron chi connectivity index (χ2n) is 5.05. The van der Waals surface area contributed by atoms with E-state index in [-0.39, 0.29) is 0 Å². The lowest BCUT2D eigenvalue weighted by molar-refractivity contribution is 0.274. The summed E-state index contributed by atoms with van der Waals surface area (Å²) in [6, 6.07) is 8.20. The smallest absolute Gasteiger partial charge is 0.0406 e. The molecule has 1 nitrogen and oxygen atoms in total.